The van der Waals surface area contributed by atoms with Gasteiger partial charge in [-0.25, -0.2) is 0 Å². The molecule has 114 valence electrons. The maximum Gasteiger partial charge on any atom is 0.178 e. The lowest BCUT2D eigenvalue weighted by Gasteiger charge is -2.24. The number of aromatic nitrogens is 2. The summed E-state index contributed by atoms with van der Waals surface area (Å²) < 4.78 is 13.8. The smallest absolute Gasteiger partial charge is 0.178 e. The number of methoxy groups -OCH3 is 2. The van der Waals surface area contributed by atoms with Crippen LogP contribution in [0.1, 0.15) is 32.6 Å². The third kappa shape index (κ3) is 2.55. The normalized spacial score (nSPS) is 17.3. The van der Waals surface area contributed by atoms with Gasteiger partial charge < -0.3 is 19.0 Å². The molecular weight excluding hydrogens is 284 g/mol. The first-order valence-electron chi connectivity index (χ1n) is 7.41. The van der Waals surface area contributed by atoms with Gasteiger partial charge in [-0.2, -0.15) is 0 Å². The molecule has 0 bridgehead atoms. The number of H-pyrrole nitrogens is 1. The third-order valence-electron chi connectivity index (χ3n) is 4.63. The van der Waals surface area contributed by atoms with Crippen LogP contribution in [-0.4, -0.2) is 23.8 Å². The average molecular weight is 306 g/mol. The Balaban J connectivity index is 2.09. The van der Waals surface area contributed by atoms with E-state index in [9.17, 15) is 0 Å². The molecule has 1 saturated carbocycles. The van der Waals surface area contributed by atoms with Gasteiger partial charge in [-0.05, 0) is 30.5 Å². The van der Waals surface area contributed by atoms with Gasteiger partial charge in [-0.1, -0.05) is 19.8 Å². The van der Waals surface area contributed by atoms with Crippen molar-refractivity contribution in [3.05, 3.63) is 16.9 Å². The lowest BCUT2D eigenvalue weighted by atomic mass is 9.89. The summed E-state index contributed by atoms with van der Waals surface area (Å²) in [6.07, 6.45) is 5.19. The second-order valence-electron chi connectivity index (χ2n) is 6.26. The lowest BCUT2D eigenvalue weighted by molar-refractivity contribution is 0.284. The first-order valence-corrected chi connectivity index (χ1v) is 7.82. The first-order chi connectivity index (χ1) is 10.1. The molecule has 0 spiro atoms. The fourth-order valence-electron chi connectivity index (χ4n) is 3.41. The SMILES string of the molecule is COc1cc2[nH]c(=S)n(CC3(C)CCCC3)c2cc1OC. The number of nitrogens with zero attached hydrogens (tertiary/aromatic N) is 1. The van der Waals surface area contributed by atoms with Crippen molar-refractivity contribution in [2.24, 2.45) is 5.41 Å². The van der Waals surface area contributed by atoms with E-state index in [4.69, 9.17) is 21.7 Å². The summed E-state index contributed by atoms with van der Waals surface area (Å²) in [7, 11) is 3.31. The Labute approximate surface area is 130 Å². The standard InChI is InChI=1S/C16H22N2O2S/c1-16(6-4-5-7-16)10-18-12-9-14(20-3)13(19-2)8-11(12)17-15(18)21/h8-9H,4-7,10H2,1-3H3,(H,17,21). The highest BCUT2D eigenvalue weighted by atomic mass is 32.1. The van der Waals surface area contributed by atoms with Crippen LogP contribution in [-0.2, 0) is 6.54 Å². The summed E-state index contributed by atoms with van der Waals surface area (Å²) in [4.78, 5) is 3.29. The van der Waals surface area contributed by atoms with Crippen molar-refractivity contribution in [3.8, 4) is 11.5 Å². The Bertz CT molecular complexity index is 711. The minimum absolute atomic E-state index is 0.348. The molecule has 0 radical (unpaired) electrons. The van der Waals surface area contributed by atoms with Gasteiger partial charge in [0.2, 0.25) is 0 Å². The highest BCUT2D eigenvalue weighted by molar-refractivity contribution is 7.71. The molecule has 0 saturated heterocycles. The number of nitrogens with one attached hydrogen (secondary N) is 1. The minimum Gasteiger partial charge on any atom is -0.493 e. The highest BCUT2D eigenvalue weighted by Gasteiger charge is 2.30. The largest absolute Gasteiger partial charge is 0.493 e. The van der Waals surface area contributed by atoms with Crippen molar-refractivity contribution < 1.29 is 9.47 Å². The summed E-state index contributed by atoms with van der Waals surface area (Å²) in [6.45, 7) is 3.32. The number of ether oxygens (including phenoxy) is 2. The first kappa shape index (κ1) is 14.4. The molecule has 0 aliphatic heterocycles. The molecule has 2 aromatic rings. The average Bonchev–Trinajstić information content (AvgIpc) is 3.02. The van der Waals surface area contributed by atoms with Crippen LogP contribution in [0.3, 0.4) is 0 Å². The fraction of sp³-hybridized carbons (Fsp3) is 0.562. The Morgan fingerprint density at radius 3 is 2.43 bits per heavy atom. The maximum atomic E-state index is 5.52. The van der Waals surface area contributed by atoms with Crippen molar-refractivity contribution in [2.75, 3.05) is 14.2 Å². The third-order valence-corrected chi connectivity index (χ3v) is 4.95. The van der Waals surface area contributed by atoms with Crippen molar-refractivity contribution in [3.63, 3.8) is 0 Å². The van der Waals surface area contributed by atoms with Crippen LogP contribution in [0, 0.1) is 10.2 Å². The predicted molar refractivity (Wildman–Crippen MR) is 86.8 cm³/mol. The van der Waals surface area contributed by atoms with E-state index in [0.717, 1.165) is 33.8 Å². The van der Waals surface area contributed by atoms with E-state index in [1.165, 1.54) is 25.7 Å². The summed E-state index contributed by atoms with van der Waals surface area (Å²) in [6, 6.07) is 3.97. The summed E-state index contributed by atoms with van der Waals surface area (Å²) in [5, 5.41) is 0. The predicted octanol–water partition coefficient (Wildman–Crippen LogP) is 4.30. The van der Waals surface area contributed by atoms with Crippen molar-refractivity contribution in [1.82, 2.24) is 9.55 Å². The monoisotopic (exact) mass is 306 g/mol. The van der Waals surface area contributed by atoms with Crippen molar-refractivity contribution >= 4 is 23.3 Å². The fourth-order valence-corrected chi connectivity index (χ4v) is 3.68. The zero-order chi connectivity index (χ0) is 15.0. The molecule has 1 N–H and O–H groups in total. The summed E-state index contributed by atoms with van der Waals surface area (Å²) in [5.74, 6) is 1.46. The molecule has 1 aromatic carbocycles. The number of hydrogen-bond donors (Lipinski definition) is 1. The number of benzene rings is 1. The number of fused-ring (bicyclic) bond motifs is 1. The number of aromatic amines is 1. The van der Waals surface area contributed by atoms with Crippen LogP contribution in [0.4, 0.5) is 0 Å². The van der Waals surface area contributed by atoms with E-state index in [0.29, 0.717) is 5.41 Å². The summed E-state index contributed by atoms with van der Waals surface area (Å²) >= 11 is 5.52. The molecule has 1 heterocycles. The quantitative estimate of drug-likeness (QED) is 0.856. The molecule has 1 aromatic heterocycles. The Morgan fingerprint density at radius 1 is 1.19 bits per heavy atom. The van der Waals surface area contributed by atoms with Gasteiger partial charge in [-0.3, -0.25) is 0 Å². The topological polar surface area (TPSA) is 39.2 Å². The van der Waals surface area contributed by atoms with Crippen LogP contribution >= 0.6 is 12.2 Å². The molecule has 21 heavy (non-hydrogen) atoms. The molecule has 1 fully saturated rings. The maximum absolute atomic E-state index is 5.52. The Morgan fingerprint density at radius 2 is 1.81 bits per heavy atom. The Kier molecular flexibility index (Phi) is 3.69. The molecular formula is C16H22N2O2S. The van der Waals surface area contributed by atoms with E-state index >= 15 is 0 Å². The number of imidazole rings is 1. The van der Waals surface area contributed by atoms with E-state index in [2.05, 4.69) is 16.5 Å². The van der Waals surface area contributed by atoms with Gasteiger partial charge in [0, 0.05) is 18.7 Å². The molecule has 3 rings (SSSR count). The van der Waals surface area contributed by atoms with Crippen LogP contribution in [0.2, 0.25) is 0 Å². The Hall–Kier alpha value is -1.49. The van der Waals surface area contributed by atoms with Crippen LogP contribution in [0.15, 0.2) is 12.1 Å². The minimum atomic E-state index is 0.348. The van der Waals surface area contributed by atoms with Crippen LogP contribution in [0.5, 0.6) is 11.5 Å². The van der Waals surface area contributed by atoms with Gasteiger partial charge in [0.15, 0.2) is 16.3 Å². The molecule has 0 unspecified atom stereocenters. The molecule has 1 aliphatic carbocycles. The van der Waals surface area contributed by atoms with E-state index < -0.39 is 0 Å². The second-order valence-corrected chi connectivity index (χ2v) is 6.65. The number of hydrogen-bond acceptors (Lipinski definition) is 3. The van der Waals surface area contributed by atoms with Gasteiger partial charge in [0.25, 0.3) is 0 Å². The molecule has 1 aliphatic rings. The van der Waals surface area contributed by atoms with Crippen LogP contribution in [0.25, 0.3) is 11.0 Å². The van der Waals surface area contributed by atoms with Crippen LogP contribution < -0.4 is 9.47 Å². The molecule has 0 atom stereocenters. The number of rotatable bonds is 4. The highest BCUT2D eigenvalue weighted by Crippen LogP contribution is 2.40. The van der Waals surface area contributed by atoms with E-state index in [1.54, 1.807) is 14.2 Å². The lowest BCUT2D eigenvalue weighted by Crippen LogP contribution is -2.19. The zero-order valence-corrected chi connectivity index (χ0v) is 13.7. The molecule has 0 amide bonds. The zero-order valence-electron chi connectivity index (χ0n) is 12.9. The second kappa shape index (κ2) is 5.37. The van der Waals surface area contributed by atoms with Gasteiger partial charge >= 0.3 is 0 Å². The summed E-state index contributed by atoms with van der Waals surface area (Å²) in [5.41, 5.74) is 2.44. The van der Waals surface area contributed by atoms with Crippen molar-refractivity contribution in [2.45, 2.75) is 39.2 Å². The van der Waals surface area contributed by atoms with E-state index in [1.807, 2.05) is 12.1 Å². The van der Waals surface area contributed by atoms with Gasteiger partial charge in [0.05, 0.1) is 25.3 Å². The van der Waals surface area contributed by atoms with Gasteiger partial charge in [-0.15, -0.1) is 0 Å². The van der Waals surface area contributed by atoms with Gasteiger partial charge in [0.1, 0.15) is 0 Å². The molecule has 4 nitrogen and oxygen atoms in total. The van der Waals surface area contributed by atoms with E-state index in [-0.39, 0.29) is 0 Å². The molecule has 5 heteroatoms. The van der Waals surface area contributed by atoms with Crippen molar-refractivity contribution in [1.29, 1.82) is 0 Å².